The van der Waals surface area contributed by atoms with Crippen LogP contribution in [0.2, 0.25) is 0 Å². The lowest BCUT2D eigenvalue weighted by atomic mass is 10.1. The monoisotopic (exact) mass is 370 g/mol. The molecule has 1 aliphatic heterocycles. The van der Waals surface area contributed by atoms with Gasteiger partial charge in [0.2, 0.25) is 0 Å². The van der Waals surface area contributed by atoms with Gasteiger partial charge in [-0.15, -0.1) is 11.3 Å². The van der Waals surface area contributed by atoms with E-state index in [2.05, 4.69) is 51.4 Å². The van der Waals surface area contributed by atoms with Crippen LogP contribution in [0.1, 0.15) is 11.1 Å². The van der Waals surface area contributed by atoms with Crippen LogP contribution < -0.4 is 5.69 Å². The fraction of sp³-hybridized carbons (Fsp3) is 0.389. The van der Waals surface area contributed by atoms with E-state index in [9.17, 15) is 4.79 Å². The molecule has 0 unspecified atom stereocenters. The number of aryl methyl sites for hydroxylation is 1. The number of nitrogens with zero attached hydrogens (tertiary/aromatic N) is 6. The zero-order valence-corrected chi connectivity index (χ0v) is 15.6. The van der Waals surface area contributed by atoms with Crippen LogP contribution in [0.3, 0.4) is 0 Å². The second-order valence-corrected chi connectivity index (χ2v) is 7.57. The summed E-state index contributed by atoms with van der Waals surface area (Å²) in [6.45, 7) is 7.41. The summed E-state index contributed by atoms with van der Waals surface area (Å²) in [4.78, 5) is 17.2. The van der Waals surface area contributed by atoms with E-state index < -0.39 is 0 Å². The predicted octanol–water partition coefficient (Wildman–Crippen LogP) is 1.57. The number of tetrazole rings is 1. The van der Waals surface area contributed by atoms with E-state index in [0.29, 0.717) is 6.67 Å². The van der Waals surface area contributed by atoms with Gasteiger partial charge in [-0.3, -0.25) is 9.80 Å². The minimum atomic E-state index is -0.186. The van der Waals surface area contributed by atoms with Crippen LogP contribution in [0.15, 0.2) is 46.6 Å². The smallest absolute Gasteiger partial charge is 0.297 e. The van der Waals surface area contributed by atoms with Gasteiger partial charge in [-0.05, 0) is 40.4 Å². The highest BCUT2D eigenvalue weighted by atomic mass is 32.1. The van der Waals surface area contributed by atoms with Gasteiger partial charge in [0, 0.05) is 32.7 Å². The molecular formula is C18H22N6OS. The van der Waals surface area contributed by atoms with Crippen LogP contribution in [-0.2, 0) is 13.2 Å². The largest absolute Gasteiger partial charge is 0.370 e. The number of hydrogen-bond donors (Lipinski definition) is 0. The van der Waals surface area contributed by atoms with E-state index in [4.69, 9.17) is 0 Å². The first-order valence-corrected chi connectivity index (χ1v) is 9.64. The SMILES string of the molecule is Cc1cccc(CN2CCN(Cn3nnn(-c4cccs4)c3=O)CC2)c1. The Morgan fingerprint density at radius 2 is 1.85 bits per heavy atom. The van der Waals surface area contributed by atoms with Crippen molar-refractivity contribution in [1.82, 2.24) is 29.6 Å². The van der Waals surface area contributed by atoms with Crippen molar-refractivity contribution in [2.24, 2.45) is 0 Å². The van der Waals surface area contributed by atoms with Crippen LogP contribution in [0.25, 0.3) is 5.00 Å². The van der Waals surface area contributed by atoms with Gasteiger partial charge in [-0.2, -0.15) is 9.36 Å². The minimum absolute atomic E-state index is 0.186. The predicted molar refractivity (Wildman–Crippen MR) is 102 cm³/mol. The number of aromatic nitrogens is 4. The van der Waals surface area contributed by atoms with Gasteiger partial charge < -0.3 is 0 Å². The summed E-state index contributed by atoms with van der Waals surface area (Å²) in [6.07, 6.45) is 0. The fourth-order valence-corrected chi connectivity index (χ4v) is 3.91. The molecule has 0 spiro atoms. The zero-order valence-electron chi connectivity index (χ0n) is 14.8. The zero-order chi connectivity index (χ0) is 17.9. The van der Waals surface area contributed by atoms with Crippen molar-refractivity contribution in [3.63, 3.8) is 0 Å². The molecular weight excluding hydrogens is 348 g/mol. The lowest BCUT2D eigenvalue weighted by Crippen LogP contribution is -2.47. The third kappa shape index (κ3) is 3.77. The summed E-state index contributed by atoms with van der Waals surface area (Å²) < 4.78 is 2.80. The normalized spacial score (nSPS) is 16.2. The molecule has 1 aliphatic rings. The highest BCUT2D eigenvalue weighted by Gasteiger charge is 2.19. The Balaban J connectivity index is 1.34. The van der Waals surface area contributed by atoms with Gasteiger partial charge in [0.1, 0.15) is 11.7 Å². The van der Waals surface area contributed by atoms with Crippen LogP contribution in [-0.4, -0.2) is 55.8 Å². The lowest BCUT2D eigenvalue weighted by molar-refractivity contribution is 0.0968. The second-order valence-electron chi connectivity index (χ2n) is 6.65. The topological polar surface area (TPSA) is 59.2 Å². The molecule has 0 saturated carbocycles. The standard InChI is InChI=1S/C18H22N6OS/c1-15-4-2-5-16(12-15)13-21-7-9-22(10-8-21)14-23-18(25)24(20-19-23)17-6-3-11-26-17/h2-6,11-12H,7-10,13-14H2,1H3. The third-order valence-electron chi connectivity index (χ3n) is 4.64. The molecule has 26 heavy (non-hydrogen) atoms. The average Bonchev–Trinajstić information content (AvgIpc) is 3.27. The van der Waals surface area contributed by atoms with Crippen molar-refractivity contribution < 1.29 is 0 Å². The lowest BCUT2D eigenvalue weighted by Gasteiger charge is -2.34. The molecule has 1 aromatic carbocycles. The molecule has 0 N–H and O–H groups in total. The Bertz CT molecular complexity index is 908. The summed E-state index contributed by atoms with van der Waals surface area (Å²) in [5.74, 6) is 0. The summed E-state index contributed by atoms with van der Waals surface area (Å²) in [5.41, 5.74) is 2.47. The Morgan fingerprint density at radius 1 is 1.04 bits per heavy atom. The minimum Gasteiger partial charge on any atom is -0.297 e. The molecule has 0 atom stereocenters. The van der Waals surface area contributed by atoms with Crippen molar-refractivity contribution in [2.75, 3.05) is 26.2 Å². The maximum atomic E-state index is 12.4. The number of hydrogen-bond acceptors (Lipinski definition) is 6. The molecule has 7 nitrogen and oxygen atoms in total. The van der Waals surface area contributed by atoms with Crippen molar-refractivity contribution in [3.8, 4) is 5.00 Å². The Labute approximate surface area is 156 Å². The number of benzene rings is 1. The molecule has 2 aromatic heterocycles. The van der Waals surface area contributed by atoms with Gasteiger partial charge in [0.05, 0.1) is 0 Å². The molecule has 1 saturated heterocycles. The van der Waals surface area contributed by atoms with Crippen molar-refractivity contribution >= 4 is 11.3 Å². The van der Waals surface area contributed by atoms with E-state index in [0.717, 1.165) is 37.7 Å². The molecule has 0 radical (unpaired) electrons. The van der Waals surface area contributed by atoms with Gasteiger partial charge in [0.15, 0.2) is 0 Å². The van der Waals surface area contributed by atoms with Gasteiger partial charge in [-0.25, -0.2) is 4.79 Å². The van der Waals surface area contributed by atoms with E-state index in [-0.39, 0.29) is 5.69 Å². The first-order valence-electron chi connectivity index (χ1n) is 8.76. The van der Waals surface area contributed by atoms with Gasteiger partial charge in [0.25, 0.3) is 0 Å². The van der Waals surface area contributed by atoms with Crippen LogP contribution in [0.5, 0.6) is 0 Å². The molecule has 0 amide bonds. The third-order valence-corrected chi connectivity index (χ3v) is 5.49. The summed E-state index contributed by atoms with van der Waals surface area (Å²) in [6, 6.07) is 12.4. The fourth-order valence-electron chi connectivity index (χ4n) is 3.24. The maximum Gasteiger partial charge on any atom is 0.370 e. The van der Waals surface area contributed by atoms with Crippen LogP contribution in [0, 0.1) is 6.92 Å². The Kier molecular flexibility index (Phi) is 4.96. The van der Waals surface area contributed by atoms with Gasteiger partial charge >= 0.3 is 5.69 Å². The summed E-state index contributed by atoms with van der Waals surface area (Å²) in [7, 11) is 0. The van der Waals surface area contributed by atoms with Crippen molar-refractivity contribution in [2.45, 2.75) is 20.1 Å². The molecule has 4 rings (SSSR count). The summed E-state index contributed by atoms with van der Waals surface area (Å²) in [5, 5.41) is 10.7. The van der Waals surface area contributed by atoms with E-state index in [1.807, 2.05) is 17.5 Å². The number of rotatable bonds is 5. The molecule has 0 bridgehead atoms. The highest BCUT2D eigenvalue weighted by molar-refractivity contribution is 7.12. The molecule has 136 valence electrons. The molecule has 1 fully saturated rings. The maximum absolute atomic E-state index is 12.4. The Hall–Kier alpha value is -2.29. The highest BCUT2D eigenvalue weighted by Crippen LogP contribution is 2.12. The quantitative estimate of drug-likeness (QED) is 0.682. The molecule has 3 aromatic rings. The van der Waals surface area contributed by atoms with Gasteiger partial charge in [-0.1, -0.05) is 29.8 Å². The van der Waals surface area contributed by atoms with E-state index in [1.165, 1.54) is 31.8 Å². The first kappa shape index (κ1) is 17.1. The Morgan fingerprint density at radius 3 is 2.58 bits per heavy atom. The molecule has 3 heterocycles. The first-order chi connectivity index (χ1) is 12.7. The van der Waals surface area contributed by atoms with E-state index >= 15 is 0 Å². The number of thiophene rings is 1. The second kappa shape index (κ2) is 7.53. The van der Waals surface area contributed by atoms with E-state index in [1.54, 1.807) is 0 Å². The van der Waals surface area contributed by atoms with Crippen LogP contribution >= 0.6 is 11.3 Å². The number of piperazine rings is 1. The van der Waals surface area contributed by atoms with Crippen LogP contribution in [0.4, 0.5) is 0 Å². The van der Waals surface area contributed by atoms with Crippen molar-refractivity contribution in [3.05, 3.63) is 63.4 Å². The summed E-state index contributed by atoms with van der Waals surface area (Å²) >= 11 is 1.48. The average molecular weight is 370 g/mol. The molecule has 0 aliphatic carbocycles. The van der Waals surface area contributed by atoms with Crippen molar-refractivity contribution in [1.29, 1.82) is 0 Å². The molecule has 8 heteroatoms.